The number of carbonyl (C=O) groups excluding carboxylic acids is 1. The summed E-state index contributed by atoms with van der Waals surface area (Å²) in [6.45, 7) is 7.18. The third-order valence-corrected chi connectivity index (χ3v) is 1.79. The second-order valence-corrected chi connectivity index (χ2v) is 4.61. The van der Waals surface area contributed by atoms with Crippen molar-refractivity contribution in [2.75, 3.05) is 0 Å². The van der Waals surface area contributed by atoms with Gasteiger partial charge in [-0.3, -0.25) is 0 Å². The number of rotatable bonds is 3. The van der Waals surface area contributed by atoms with Gasteiger partial charge in [0, 0.05) is 0 Å². The van der Waals surface area contributed by atoms with Crippen molar-refractivity contribution in [3.8, 4) is 5.75 Å². The summed E-state index contributed by atoms with van der Waals surface area (Å²) in [6.07, 6.45) is -0.596. The summed E-state index contributed by atoms with van der Waals surface area (Å²) in [7, 11) is 0. The van der Waals surface area contributed by atoms with Crippen molar-refractivity contribution in [1.82, 2.24) is 30.8 Å². The zero-order valence-electron chi connectivity index (χ0n) is 14.1. The number of ether oxygens (including phenoxy) is 2. The van der Waals surface area contributed by atoms with Gasteiger partial charge in [-0.15, -0.1) is 0 Å². The first-order chi connectivity index (χ1) is 7.38. The molecule has 0 aliphatic rings. The molecule has 0 amide bonds. The largest absolute Gasteiger partial charge is 2.00 e. The first kappa shape index (κ1) is 37.3. The number of esters is 1. The Morgan fingerprint density at radius 1 is 0.955 bits per heavy atom. The van der Waals surface area contributed by atoms with E-state index >= 15 is 0 Å². The molecule has 0 saturated carbocycles. The van der Waals surface area contributed by atoms with Gasteiger partial charge in [0.25, 0.3) is 0 Å². The van der Waals surface area contributed by atoms with Gasteiger partial charge in [0.2, 0.25) is 0 Å². The Balaban J connectivity index is -0.000000107. The summed E-state index contributed by atoms with van der Waals surface area (Å²) >= 11 is 0. The molecular formula is C13H33N5O3Os+2. The van der Waals surface area contributed by atoms with Crippen molar-refractivity contribution in [3.05, 3.63) is 30.3 Å². The summed E-state index contributed by atoms with van der Waals surface area (Å²) in [5, 5.41) is 0. The molecule has 0 radical (unpaired) electrons. The predicted molar refractivity (Wildman–Crippen MR) is 87.5 cm³/mol. The summed E-state index contributed by atoms with van der Waals surface area (Å²) in [5.41, 5.74) is -0.481. The Bertz CT molecular complexity index is 360. The molecular weight excluding hydrogens is 464 g/mol. The van der Waals surface area contributed by atoms with Crippen LogP contribution in [-0.4, -0.2) is 17.7 Å². The monoisotopic (exact) mass is 499 g/mol. The van der Waals surface area contributed by atoms with Crippen LogP contribution in [0.1, 0.15) is 27.7 Å². The molecule has 0 aliphatic heterocycles. The van der Waals surface area contributed by atoms with E-state index < -0.39 is 11.7 Å². The fourth-order valence-electron chi connectivity index (χ4n) is 1.14. The van der Waals surface area contributed by atoms with E-state index in [9.17, 15) is 4.79 Å². The van der Waals surface area contributed by atoms with Crippen LogP contribution in [-0.2, 0) is 29.3 Å². The Morgan fingerprint density at radius 2 is 1.36 bits per heavy atom. The van der Waals surface area contributed by atoms with Gasteiger partial charge in [0.1, 0.15) is 11.4 Å². The second-order valence-electron chi connectivity index (χ2n) is 4.61. The molecule has 1 aromatic rings. The maximum absolute atomic E-state index is 11.6. The van der Waals surface area contributed by atoms with E-state index in [0.717, 1.165) is 0 Å². The minimum Gasteiger partial charge on any atom is -0.479 e. The smallest absolute Gasteiger partial charge is 0.479 e. The molecule has 0 heterocycles. The van der Waals surface area contributed by atoms with Crippen LogP contribution >= 0.6 is 0 Å². The quantitative estimate of drug-likeness (QED) is 0.388. The number of benzene rings is 1. The predicted octanol–water partition coefficient (Wildman–Crippen LogP) is 3.60. The minimum atomic E-state index is -0.596. The van der Waals surface area contributed by atoms with Gasteiger partial charge in [-0.2, -0.15) is 0 Å². The summed E-state index contributed by atoms with van der Waals surface area (Å²) in [6, 6.07) is 9.22. The SMILES string of the molecule is CC(Oc1ccccc1)C(=O)OC(C)(C)C.N.N.N.N.N.[Os+2]. The average molecular weight is 498 g/mol. The third kappa shape index (κ3) is 15.3. The molecule has 22 heavy (non-hydrogen) atoms. The molecule has 0 aromatic heterocycles. The zero-order chi connectivity index (χ0) is 12.2. The molecule has 9 heteroatoms. The van der Waals surface area contributed by atoms with Crippen molar-refractivity contribution in [3.63, 3.8) is 0 Å². The van der Waals surface area contributed by atoms with E-state index in [0.29, 0.717) is 5.75 Å². The Hall–Kier alpha value is -1.07. The van der Waals surface area contributed by atoms with Crippen LogP contribution in [0.25, 0.3) is 0 Å². The van der Waals surface area contributed by atoms with Crippen LogP contribution in [0.3, 0.4) is 0 Å². The van der Waals surface area contributed by atoms with E-state index in [1.54, 1.807) is 19.1 Å². The van der Waals surface area contributed by atoms with Gasteiger partial charge in [0.05, 0.1) is 0 Å². The minimum absolute atomic E-state index is 0. The van der Waals surface area contributed by atoms with Gasteiger partial charge in [0.15, 0.2) is 6.10 Å². The van der Waals surface area contributed by atoms with Crippen molar-refractivity contribution in [1.29, 1.82) is 0 Å². The number of hydrogen-bond acceptors (Lipinski definition) is 8. The molecule has 0 aliphatic carbocycles. The van der Waals surface area contributed by atoms with Crippen LogP contribution in [0, 0.1) is 0 Å². The molecule has 1 unspecified atom stereocenters. The summed E-state index contributed by atoms with van der Waals surface area (Å²) in [5.74, 6) is 0.317. The van der Waals surface area contributed by atoms with Gasteiger partial charge in [-0.1, -0.05) is 18.2 Å². The molecule has 0 fully saturated rings. The van der Waals surface area contributed by atoms with E-state index in [1.807, 2.05) is 39.0 Å². The molecule has 0 saturated heterocycles. The van der Waals surface area contributed by atoms with Gasteiger partial charge >= 0.3 is 25.8 Å². The fraction of sp³-hybridized carbons (Fsp3) is 0.462. The van der Waals surface area contributed by atoms with Gasteiger partial charge in [-0.05, 0) is 39.8 Å². The van der Waals surface area contributed by atoms with Gasteiger partial charge in [-0.25, -0.2) is 4.79 Å². The average Bonchev–Trinajstić information content (AvgIpc) is 2.16. The van der Waals surface area contributed by atoms with Crippen molar-refractivity contribution in [2.45, 2.75) is 39.4 Å². The van der Waals surface area contributed by atoms with E-state index in [4.69, 9.17) is 9.47 Å². The first-order valence-corrected chi connectivity index (χ1v) is 5.33. The Kier molecular flexibility index (Phi) is 27.6. The number of hydrogen-bond donors (Lipinski definition) is 5. The summed E-state index contributed by atoms with van der Waals surface area (Å²) < 4.78 is 10.7. The van der Waals surface area contributed by atoms with E-state index in [-0.39, 0.29) is 56.5 Å². The van der Waals surface area contributed by atoms with Crippen molar-refractivity contribution < 1.29 is 34.1 Å². The second kappa shape index (κ2) is 16.3. The maximum atomic E-state index is 11.6. The molecule has 1 aromatic carbocycles. The van der Waals surface area contributed by atoms with Gasteiger partial charge < -0.3 is 40.2 Å². The maximum Gasteiger partial charge on any atom is 2.00 e. The van der Waals surface area contributed by atoms with Crippen LogP contribution in [0.15, 0.2) is 30.3 Å². The summed E-state index contributed by atoms with van der Waals surface area (Å²) in [4.78, 5) is 11.6. The fourth-order valence-corrected chi connectivity index (χ4v) is 1.14. The standard InChI is InChI=1S/C13H18O3.5H3N.Os/c1-10(12(14)16-13(2,3)4)15-11-8-6-5-7-9-11;;;;;;/h5-10H,1-4H3;5*1H3;/q;;;;;;+2. The van der Waals surface area contributed by atoms with Crippen LogP contribution in [0.2, 0.25) is 0 Å². The van der Waals surface area contributed by atoms with Crippen molar-refractivity contribution >= 4 is 5.97 Å². The first-order valence-electron chi connectivity index (χ1n) is 5.33. The Morgan fingerprint density at radius 3 is 1.73 bits per heavy atom. The van der Waals surface area contributed by atoms with E-state index in [2.05, 4.69) is 0 Å². The normalized spacial score (nSPS) is 9.45. The van der Waals surface area contributed by atoms with Crippen LogP contribution in [0.5, 0.6) is 5.75 Å². The molecule has 8 nitrogen and oxygen atoms in total. The molecule has 15 N–H and O–H groups in total. The number of carbonyl (C=O) groups is 1. The number of para-hydroxylation sites is 1. The topological polar surface area (TPSA) is 211 Å². The molecule has 1 atom stereocenters. The molecule has 0 spiro atoms. The van der Waals surface area contributed by atoms with E-state index in [1.165, 1.54) is 0 Å². The zero-order valence-corrected chi connectivity index (χ0v) is 16.6. The molecule has 0 bridgehead atoms. The van der Waals surface area contributed by atoms with Crippen LogP contribution in [0.4, 0.5) is 0 Å². The molecule has 1 rings (SSSR count). The third-order valence-electron chi connectivity index (χ3n) is 1.79. The molecule has 134 valence electrons. The Labute approximate surface area is 146 Å². The van der Waals surface area contributed by atoms with Crippen LogP contribution < -0.4 is 35.5 Å². The van der Waals surface area contributed by atoms with Crippen molar-refractivity contribution in [2.24, 2.45) is 0 Å².